The summed E-state index contributed by atoms with van der Waals surface area (Å²) >= 11 is 0. The van der Waals surface area contributed by atoms with Gasteiger partial charge in [0.05, 0.1) is 19.8 Å². The smallest absolute Gasteiger partial charge is 0.191 e. The molecule has 2 N–H and O–H groups in total. The Hall–Kier alpha value is -0.810. The molecule has 1 fully saturated rings. The molecule has 0 aromatic heterocycles. The van der Waals surface area contributed by atoms with Crippen molar-refractivity contribution in [1.82, 2.24) is 10.6 Å². The topological polar surface area (TPSA) is 54.9 Å². The highest BCUT2D eigenvalue weighted by Crippen LogP contribution is 2.23. The van der Waals surface area contributed by atoms with Crippen LogP contribution in [0.3, 0.4) is 0 Å². The van der Waals surface area contributed by atoms with Gasteiger partial charge >= 0.3 is 0 Å². The number of methoxy groups -OCH3 is 1. The Bertz CT molecular complexity index is 251. The highest BCUT2D eigenvalue weighted by atomic mass is 16.5. The summed E-state index contributed by atoms with van der Waals surface area (Å²) in [5.74, 6) is 1.76. The number of rotatable bonds is 7. The van der Waals surface area contributed by atoms with E-state index in [9.17, 15) is 0 Å². The first-order valence-corrected chi connectivity index (χ1v) is 7.30. The molecule has 5 nitrogen and oxygen atoms in total. The van der Waals surface area contributed by atoms with Crippen molar-refractivity contribution in [3.8, 4) is 0 Å². The Balaban J connectivity index is 2.09. The SMILES string of the molecule is CN=C(NCCOCCOC)NC1CCC(C)CC1. The van der Waals surface area contributed by atoms with E-state index in [1.807, 2.05) is 7.05 Å². The monoisotopic (exact) mass is 271 g/mol. The van der Waals surface area contributed by atoms with Gasteiger partial charge in [0.15, 0.2) is 5.96 Å². The van der Waals surface area contributed by atoms with Gasteiger partial charge in [-0.25, -0.2) is 0 Å². The molecule has 1 rings (SSSR count). The predicted octanol–water partition coefficient (Wildman–Crippen LogP) is 1.39. The van der Waals surface area contributed by atoms with Crippen molar-refractivity contribution in [1.29, 1.82) is 0 Å². The summed E-state index contributed by atoms with van der Waals surface area (Å²) in [6.45, 7) is 5.07. The zero-order valence-electron chi connectivity index (χ0n) is 12.6. The number of hydrogen-bond acceptors (Lipinski definition) is 3. The minimum Gasteiger partial charge on any atom is -0.382 e. The molecule has 0 aromatic rings. The van der Waals surface area contributed by atoms with Crippen LogP contribution >= 0.6 is 0 Å². The molecule has 0 bridgehead atoms. The van der Waals surface area contributed by atoms with E-state index in [1.54, 1.807) is 7.11 Å². The minimum atomic E-state index is 0.566. The second-order valence-electron chi connectivity index (χ2n) is 5.21. The van der Waals surface area contributed by atoms with Crippen LogP contribution in [-0.4, -0.2) is 52.5 Å². The Morgan fingerprint density at radius 2 is 1.89 bits per heavy atom. The summed E-state index contributed by atoms with van der Waals surface area (Å²) in [6.07, 6.45) is 5.11. The highest BCUT2D eigenvalue weighted by Gasteiger charge is 2.18. The fraction of sp³-hybridized carbons (Fsp3) is 0.929. The van der Waals surface area contributed by atoms with Crippen LogP contribution in [0.4, 0.5) is 0 Å². The van der Waals surface area contributed by atoms with E-state index in [1.165, 1.54) is 25.7 Å². The van der Waals surface area contributed by atoms with E-state index >= 15 is 0 Å². The molecule has 1 aliphatic carbocycles. The molecule has 0 radical (unpaired) electrons. The van der Waals surface area contributed by atoms with Crippen LogP contribution in [0.1, 0.15) is 32.6 Å². The lowest BCUT2D eigenvalue weighted by atomic mass is 9.87. The molecule has 112 valence electrons. The predicted molar refractivity (Wildman–Crippen MR) is 78.6 cm³/mol. The highest BCUT2D eigenvalue weighted by molar-refractivity contribution is 5.79. The van der Waals surface area contributed by atoms with E-state index in [4.69, 9.17) is 9.47 Å². The van der Waals surface area contributed by atoms with Crippen molar-refractivity contribution in [3.63, 3.8) is 0 Å². The lowest BCUT2D eigenvalue weighted by Gasteiger charge is -2.28. The van der Waals surface area contributed by atoms with Crippen LogP contribution < -0.4 is 10.6 Å². The van der Waals surface area contributed by atoms with Crippen molar-refractivity contribution in [3.05, 3.63) is 0 Å². The van der Waals surface area contributed by atoms with Gasteiger partial charge in [0.1, 0.15) is 0 Å². The summed E-state index contributed by atoms with van der Waals surface area (Å²) in [7, 11) is 3.49. The molecule has 0 unspecified atom stereocenters. The van der Waals surface area contributed by atoms with E-state index in [2.05, 4.69) is 22.5 Å². The number of ether oxygens (including phenoxy) is 2. The van der Waals surface area contributed by atoms with Gasteiger partial charge in [-0.1, -0.05) is 6.92 Å². The third-order valence-electron chi connectivity index (χ3n) is 3.55. The summed E-state index contributed by atoms with van der Waals surface area (Å²) in [4.78, 5) is 4.25. The Labute approximate surface area is 117 Å². The Morgan fingerprint density at radius 1 is 1.16 bits per heavy atom. The van der Waals surface area contributed by atoms with Crippen molar-refractivity contribution >= 4 is 5.96 Å². The lowest BCUT2D eigenvalue weighted by molar-refractivity contribution is 0.0733. The molecule has 0 heterocycles. The summed E-state index contributed by atoms with van der Waals surface area (Å²) < 4.78 is 10.3. The molecular weight excluding hydrogens is 242 g/mol. The van der Waals surface area contributed by atoms with Crippen LogP contribution in [0.5, 0.6) is 0 Å². The lowest BCUT2D eigenvalue weighted by Crippen LogP contribution is -2.45. The molecule has 0 aliphatic heterocycles. The number of guanidine groups is 1. The van der Waals surface area contributed by atoms with E-state index in [0.29, 0.717) is 25.9 Å². The molecule has 0 aromatic carbocycles. The maximum atomic E-state index is 5.40. The van der Waals surface area contributed by atoms with Crippen LogP contribution in [0, 0.1) is 5.92 Å². The Kier molecular flexibility index (Phi) is 8.58. The van der Waals surface area contributed by atoms with Gasteiger partial charge in [0, 0.05) is 26.7 Å². The fourth-order valence-electron chi connectivity index (χ4n) is 2.28. The van der Waals surface area contributed by atoms with Crippen molar-refractivity contribution < 1.29 is 9.47 Å². The third kappa shape index (κ3) is 7.38. The van der Waals surface area contributed by atoms with Gasteiger partial charge in [-0.3, -0.25) is 4.99 Å². The fourth-order valence-corrected chi connectivity index (χ4v) is 2.28. The molecule has 1 saturated carbocycles. The number of aliphatic imine (C=N–C) groups is 1. The molecule has 0 amide bonds. The molecular formula is C14H29N3O2. The number of hydrogen-bond donors (Lipinski definition) is 2. The molecule has 19 heavy (non-hydrogen) atoms. The molecule has 0 atom stereocenters. The van der Waals surface area contributed by atoms with E-state index < -0.39 is 0 Å². The third-order valence-corrected chi connectivity index (χ3v) is 3.55. The molecule has 0 spiro atoms. The molecule has 0 saturated heterocycles. The van der Waals surface area contributed by atoms with Crippen molar-refractivity contribution in [2.45, 2.75) is 38.6 Å². The quantitative estimate of drug-likeness (QED) is 0.417. The van der Waals surface area contributed by atoms with Gasteiger partial charge < -0.3 is 20.1 Å². The van der Waals surface area contributed by atoms with Crippen LogP contribution in [0.25, 0.3) is 0 Å². The maximum Gasteiger partial charge on any atom is 0.191 e. The normalized spacial score (nSPS) is 24.3. The largest absolute Gasteiger partial charge is 0.382 e. The maximum absolute atomic E-state index is 5.40. The van der Waals surface area contributed by atoms with Crippen LogP contribution in [0.15, 0.2) is 4.99 Å². The van der Waals surface area contributed by atoms with Crippen LogP contribution in [-0.2, 0) is 9.47 Å². The second kappa shape index (κ2) is 10.0. The van der Waals surface area contributed by atoms with Gasteiger partial charge in [0.25, 0.3) is 0 Å². The molecule has 5 heteroatoms. The van der Waals surface area contributed by atoms with Crippen molar-refractivity contribution in [2.75, 3.05) is 40.5 Å². The van der Waals surface area contributed by atoms with Gasteiger partial charge in [-0.05, 0) is 31.6 Å². The van der Waals surface area contributed by atoms with Gasteiger partial charge in [0.2, 0.25) is 0 Å². The van der Waals surface area contributed by atoms with Crippen molar-refractivity contribution in [2.24, 2.45) is 10.9 Å². The Morgan fingerprint density at radius 3 is 2.53 bits per heavy atom. The minimum absolute atomic E-state index is 0.566. The van der Waals surface area contributed by atoms with Gasteiger partial charge in [-0.15, -0.1) is 0 Å². The summed E-state index contributed by atoms with van der Waals surface area (Å²) in [5.41, 5.74) is 0. The first-order chi connectivity index (χ1) is 9.26. The van der Waals surface area contributed by atoms with E-state index in [0.717, 1.165) is 18.4 Å². The average Bonchev–Trinajstić information content (AvgIpc) is 2.43. The first kappa shape index (κ1) is 16.2. The molecule has 1 aliphatic rings. The summed E-state index contributed by atoms with van der Waals surface area (Å²) in [5, 5.41) is 6.76. The zero-order chi connectivity index (χ0) is 13.9. The second-order valence-corrected chi connectivity index (χ2v) is 5.21. The zero-order valence-corrected chi connectivity index (χ0v) is 12.6. The summed E-state index contributed by atoms with van der Waals surface area (Å²) in [6, 6.07) is 0.566. The van der Waals surface area contributed by atoms with Gasteiger partial charge in [-0.2, -0.15) is 0 Å². The van der Waals surface area contributed by atoms with E-state index in [-0.39, 0.29) is 0 Å². The average molecular weight is 271 g/mol. The standard InChI is InChI=1S/C14H29N3O2/c1-12-4-6-13(7-5-12)17-14(15-2)16-8-9-19-11-10-18-3/h12-13H,4-11H2,1-3H3,(H2,15,16,17). The first-order valence-electron chi connectivity index (χ1n) is 7.30. The van der Waals surface area contributed by atoms with Crippen LogP contribution in [0.2, 0.25) is 0 Å². The number of nitrogens with one attached hydrogen (secondary N) is 2. The number of nitrogens with zero attached hydrogens (tertiary/aromatic N) is 1.